The molecule has 200 valence electrons. The van der Waals surface area contributed by atoms with Crippen LogP contribution >= 0.6 is 0 Å². The van der Waals surface area contributed by atoms with Crippen molar-refractivity contribution in [2.24, 2.45) is 29.4 Å². The van der Waals surface area contributed by atoms with Gasteiger partial charge in [0.2, 0.25) is 10.0 Å². The molecule has 3 aliphatic carbocycles. The number of hydrogen-bond donors (Lipinski definition) is 3. The maximum atomic E-state index is 13.3. The second kappa shape index (κ2) is 10.6. The second-order valence-electron chi connectivity index (χ2n) is 10.4. The van der Waals surface area contributed by atoms with Crippen molar-refractivity contribution in [3.63, 3.8) is 0 Å². The van der Waals surface area contributed by atoms with Crippen molar-refractivity contribution in [2.75, 3.05) is 12.3 Å². The molecule has 0 spiro atoms. The lowest BCUT2D eigenvalue weighted by Crippen LogP contribution is -2.65. The molecule has 0 heterocycles. The lowest BCUT2D eigenvalue weighted by atomic mass is 9.56. The average molecular weight is 541 g/mol. The van der Waals surface area contributed by atoms with E-state index >= 15 is 0 Å². The van der Waals surface area contributed by atoms with Gasteiger partial charge < -0.3 is 10.8 Å². The lowest BCUT2D eigenvalue weighted by Gasteiger charge is -2.49. The van der Waals surface area contributed by atoms with Crippen LogP contribution in [0.15, 0.2) is 29.2 Å². The second-order valence-corrected chi connectivity index (χ2v) is 14.5. The number of hydrogen-bond acceptors (Lipinski definition) is 8. The van der Waals surface area contributed by atoms with Crippen molar-refractivity contribution in [1.82, 2.24) is 4.72 Å². The highest BCUT2D eigenvalue weighted by atomic mass is 32.2. The number of carbonyl (C=O) groups excluding carboxylic acids is 2. The molecule has 0 amide bonds. The number of ketones is 2. The summed E-state index contributed by atoms with van der Waals surface area (Å²) in [6.45, 7) is 2.19. The molecule has 4 rings (SSSR count). The molecule has 0 saturated heterocycles. The number of benzene rings is 1. The first-order chi connectivity index (χ1) is 17.0. The minimum absolute atomic E-state index is 0.104. The fourth-order valence-electron chi connectivity index (χ4n) is 6.24. The van der Waals surface area contributed by atoms with E-state index in [1.54, 1.807) is 12.1 Å². The number of aliphatic hydroxyl groups is 1. The van der Waals surface area contributed by atoms with Crippen LogP contribution < -0.4 is 10.5 Å². The van der Waals surface area contributed by atoms with Crippen molar-refractivity contribution in [1.29, 1.82) is 0 Å². The molecule has 0 aliphatic heterocycles. The first-order valence-corrected chi connectivity index (χ1v) is 16.0. The minimum Gasteiger partial charge on any atom is -0.392 e. The summed E-state index contributed by atoms with van der Waals surface area (Å²) < 4.78 is 53.6. The topological polar surface area (TPSA) is 161 Å². The third-order valence-corrected chi connectivity index (χ3v) is 11.9. The summed E-state index contributed by atoms with van der Waals surface area (Å²) >= 11 is 0. The standard InChI is InChI=1S/C25H36N2O7S2/c1-2-12-27-36(33,34)16-9-7-15(8-10-16)11-13-35(31,32)20-14-19(28)21-22(23(20)26)25(30)18-6-4-3-5-17(18)24(21)29/h7-10,17-23,27-28H,2-6,11-14,26H2,1H3. The number of Topliss-reactive ketones (excluding diaryl/α,β-unsaturated/α-hetero) is 2. The van der Waals surface area contributed by atoms with Crippen LogP contribution in [0.5, 0.6) is 0 Å². The molecule has 3 saturated carbocycles. The normalized spacial score (nSPS) is 33.1. The first-order valence-electron chi connectivity index (χ1n) is 12.8. The predicted molar refractivity (Wildman–Crippen MR) is 134 cm³/mol. The number of fused-ring (bicyclic) bond motifs is 2. The first kappa shape index (κ1) is 27.4. The van der Waals surface area contributed by atoms with E-state index in [9.17, 15) is 31.5 Å². The molecule has 1 aromatic rings. The van der Waals surface area contributed by atoms with E-state index in [1.165, 1.54) is 12.1 Å². The van der Waals surface area contributed by atoms with Gasteiger partial charge in [-0.3, -0.25) is 9.59 Å². The summed E-state index contributed by atoms with van der Waals surface area (Å²) in [5.74, 6) is -3.25. The van der Waals surface area contributed by atoms with E-state index < -0.39 is 55.0 Å². The van der Waals surface area contributed by atoms with Crippen LogP contribution in [0.1, 0.15) is 51.0 Å². The molecule has 0 bridgehead atoms. The van der Waals surface area contributed by atoms with Gasteiger partial charge in [-0.25, -0.2) is 21.6 Å². The van der Waals surface area contributed by atoms with E-state index in [1.807, 2.05) is 6.92 Å². The summed E-state index contributed by atoms with van der Waals surface area (Å²) in [4.78, 5) is 26.6. The Labute approximate surface area is 213 Å². The Morgan fingerprint density at radius 3 is 2.14 bits per heavy atom. The monoisotopic (exact) mass is 540 g/mol. The zero-order valence-corrected chi connectivity index (χ0v) is 22.1. The van der Waals surface area contributed by atoms with Gasteiger partial charge >= 0.3 is 0 Å². The van der Waals surface area contributed by atoms with Gasteiger partial charge in [0.15, 0.2) is 9.84 Å². The molecule has 1 aromatic carbocycles. The summed E-state index contributed by atoms with van der Waals surface area (Å²) in [6.07, 6.45) is 2.39. The van der Waals surface area contributed by atoms with Gasteiger partial charge in [0.05, 0.1) is 27.9 Å². The summed E-state index contributed by atoms with van der Waals surface area (Å²) in [7, 11) is -7.43. The number of nitrogens with one attached hydrogen (secondary N) is 1. The van der Waals surface area contributed by atoms with Crippen LogP contribution in [0, 0.1) is 23.7 Å². The minimum atomic E-state index is -3.81. The van der Waals surface area contributed by atoms with Crippen molar-refractivity contribution in [3.8, 4) is 0 Å². The van der Waals surface area contributed by atoms with Crippen LogP contribution in [-0.2, 0) is 35.9 Å². The largest absolute Gasteiger partial charge is 0.392 e. The van der Waals surface area contributed by atoms with Gasteiger partial charge in [-0.05, 0) is 49.8 Å². The number of nitrogens with two attached hydrogens (primary N) is 1. The van der Waals surface area contributed by atoms with Gasteiger partial charge in [0.1, 0.15) is 11.6 Å². The molecule has 36 heavy (non-hydrogen) atoms. The SMILES string of the molecule is CCCNS(=O)(=O)c1ccc(CCS(=O)(=O)C2CC(O)C3C(=O)C4CCCCC4C(=O)C3C2N)cc1. The highest BCUT2D eigenvalue weighted by molar-refractivity contribution is 7.92. The number of sulfonamides is 1. The smallest absolute Gasteiger partial charge is 0.240 e. The Hall–Kier alpha value is -1.66. The van der Waals surface area contributed by atoms with E-state index in [0.29, 0.717) is 31.4 Å². The fraction of sp³-hybridized carbons (Fsp3) is 0.680. The zero-order valence-electron chi connectivity index (χ0n) is 20.5. The molecule has 11 heteroatoms. The Balaban J connectivity index is 1.47. The Bertz CT molecular complexity index is 1200. The summed E-state index contributed by atoms with van der Waals surface area (Å²) in [6, 6.07) is 4.99. The van der Waals surface area contributed by atoms with Gasteiger partial charge in [-0.2, -0.15) is 0 Å². The number of sulfone groups is 1. The van der Waals surface area contributed by atoms with Gasteiger partial charge in [0.25, 0.3) is 0 Å². The Kier molecular flexibility index (Phi) is 8.07. The van der Waals surface area contributed by atoms with E-state index in [2.05, 4.69) is 4.72 Å². The Morgan fingerprint density at radius 1 is 0.972 bits per heavy atom. The maximum Gasteiger partial charge on any atom is 0.240 e. The van der Waals surface area contributed by atoms with Crippen LogP contribution in [0.3, 0.4) is 0 Å². The molecule has 4 N–H and O–H groups in total. The molecule has 3 fully saturated rings. The predicted octanol–water partition coefficient (Wildman–Crippen LogP) is 0.983. The third-order valence-electron chi connectivity index (χ3n) is 8.19. The van der Waals surface area contributed by atoms with E-state index in [4.69, 9.17) is 5.73 Å². The van der Waals surface area contributed by atoms with Gasteiger partial charge in [-0.15, -0.1) is 0 Å². The van der Waals surface area contributed by atoms with Crippen molar-refractivity contribution in [3.05, 3.63) is 29.8 Å². The lowest BCUT2D eigenvalue weighted by molar-refractivity contribution is -0.157. The maximum absolute atomic E-state index is 13.3. The van der Waals surface area contributed by atoms with Crippen molar-refractivity contribution in [2.45, 2.75) is 74.2 Å². The molecule has 7 atom stereocenters. The zero-order chi connectivity index (χ0) is 26.3. The van der Waals surface area contributed by atoms with Gasteiger partial charge in [0, 0.05) is 30.3 Å². The van der Waals surface area contributed by atoms with Gasteiger partial charge in [-0.1, -0.05) is 31.9 Å². The number of aliphatic hydroxyl groups excluding tert-OH is 1. The molecular formula is C25H36N2O7S2. The highest BCUT2D eigenvalue weighted by Crippen LogP contribution is 2.47. The van der Waals surface area contributed by atoms with Crippen LogP contribution in [-0.4, -0.2) is 63.2 Å². The van der Waals surface area contributed by atoms with E-state index in [0.717, 1.165) is 12.8 Å². The average Bonchev–Trinajstić information content (AvgIpc) is 2.86. The molecule has 3 aliphatic rings. The quantitative estimate of drug-likeness (QED) is 0.440. The van der Waals surface area contributed by atoms with Crippen LogP contribution in [0.2, 0.25) is 0 Å². The number of rotatable bonds is 8. The van der Waals surface area contributed by atoms with Crippen molar-refractivity contribution < 1.29 is 31.5 Å². The number of carbonyl (C=O) groups is 2. The fourth-order valence-corrected chi connectivity index (χ4v) is 9.34. The number of aryl methyl sites for hydroxylation is 1. The molecule has 0 radical (unpaired) electrons. The highest BCUT2D eigenvalue weighted by Gasteiger charge is 2.59. The molecule has 0 aromatic heterocycles. The van der Waals surface area contributed by atoms with Crippen LogP contribution in [0.4, 0.5) is 0 Å². The third kappa shape index (κ3) is 5.18. The molecule has 9 nitrogen and oxygen atoms in total. The van der Waals surface area contributed by atoms with Crippen molar-refractivity contribution >= 4 is 31.4 Å². The molecular weight excluding hydrogens is 504 g/mol. The summed E-state index contributed by atoms with van der Waals surface area (Å²) in [5.41, 5.74) is 7.04. The Morgan fingerprint density at radius 2 is 1.56 bits per heavy atom. The summed E-state index contributed by atoms with van der Waals surface area (Å²) in [5, 5.41) is 9.71. The van der Waals surface area contributed by atoms with E-state index in [-0.39, 0.29) is 41.0 Å². The molecule has 7 unspecified atom stereocenters. The van der Waals surface area contributed by atoms with Crippen LogP contribution in [0.25, 0.3) is 0 Å².